The summed E-state index contributed by atoms with van der Waals surface area (Å²) in [6, 6.07) is 12.7. The standard InChI is InChI=1S/C21H20F2N2O2/c1-13(11-16-17(22)9-6-10-18(16)23)24-20(26)12-19-14(2)27-21(25-19)15-7-4-3-5-8-15/h3-10,13H,11-12H2,1-2H3,(H,24,26). The summed E-state index contributed by atoms with van der Waals surface area (Å²) in [7, 11) is 0. The van der Waals surface area contributed by atoms with Gasteiger partial charge in [-0.2, -0.15) is 0 Å². The maximum Gasteiger partial charge on any atom is 0.226 e. The Morgan fingerprint density at radius 2 is 1.78 bits per heavy atom. The van der Waals surface area contributed by atoms with Crippen molar-refractivity contribution in [2.75, 3.05) is 0 Å². The van der Waals surface area contributed by atoms with Gasteiger partial charge < -0.3 is 9.73 Å². The zero-order valence-electron chi connectivity index (χ0n) is 15.1. The van der Waals surface area contributed by atoms with Crippen molar-refractivity contribution in [3.8, 4) is 11.5 Å². The van der Waals surface area contributed by atoms with Crippen LogP contribution in [0.15, 0.2) is 52.9 Å². The van der Waals surface area contributed by atoms with Crippen molar-refractivity contribution in [2.45, 2.75) is 32.7 Å². The van der Waals surface area contributed by atoms with Gasteiger partial charge in [0.2, 0.25) is 11.8 Å². The van der Waals surface area contributed by atoms with Crippen molar-refractivity contribution in [3.63, 3.8) is 0 Å². The lowest BCUT2D eigenvalue weighted by Gasteiger charge is -2.14. The largest absolute Gasteiger partial charge is 0.441 e. The van der Waals surface area contributed by atoms with Crippen molar-refractivity contribution in [3.05, 3.63) is 77.2 Å². The highest BCUT2D eigenvalue weighted by Crippen LogP contribution is 2.21. The molecule has 0 saturated heterocycles. The maximum atomic E-state index is 13.7. The van der Waals surface area contributed by atoms with Gasteiger partial charge in [0.1, 0.15) is 17.4 Å². The van der Waals surface area contributed by atoms with Gasteiger partial charge in [-0.1, -0.05) is 24.3 Å². The van der Waals surface area contributed by atoms with E-state index in [2.05, 4.69) is 10.3 Å². The van der Waals surface area contributed by atoms with E-state index in [1.165, 1.54) is 18.2 Å². The highest BCUT2D eigenvalue weighted by Gasteiger charge is 2.18. The van der Waals surface area contributed by atoms with Gasteiger partial charge in [-0.05, 0) is 44.5 Å². The smallest absolute Gasteiger partial charge is 0.226 e. The Balaban J connectivity index is 1.63. The zero-order chi connectivity index (χ0) is 19.4. The van der Waals surface area contributed by atoms with Crippen LogP contribution in [-0.2, 0) is 17.6 Å². The number of aromatic nitrogens is 1. The van der Waals surface area contributed by atoms with Crippen LogP contribution in [0.3, 0.4) is 0 Å². The van der Waals surface area contributed by atoms with Gasteiger partial charge in [-0.3, -0.25) is 4.79 Å². The first-order valence-corrected chi connectivity index (χ1v) is 8.68. The van der Waals surface area contributed by atoms with E-state index < -0.39 is 17.7 Å². The molecule has 1 heterocycles. The normalized spacial score (nSPS) is 12.0. The minimum atomic E-state index is -0.615. The number of hydrogen-bond donors (Lipinski definition) is 1. The molecular weight excluding hydrogens is 350 g/mol. The third-order valence-electron chi connectivity index (χ3n) is 4.22. The number of hydrogen-bond acceptors (Lipinski definition) is 3. The second kappa shape index (κ2) is 8.12. The van der Waals surface area contributed by atoms with Crippen molar-refractivity contribution >= 4 is 5.91 Å². The number of aryl methyl sites for hydroxylation is 1. The van der Waals surface area contributed by atoms with E-state index >= 15 is 0 Å². The fourth-order valence-electron chi connectivity index (χ4n) is 2.86. The van der Waals surface area contributed by atoms with Crippen LogP contribution in [0.5, 0.6) is 0 Å². The number of carbonyl (C=O) groups excluding carboxylic acids is 1. The molecule has 3 rings (SSSR count). The molecule has 4 nitrogen and oxygen atoms in total. The molecule has 1 N–H and O–H groups in total. The van der Waals surface area contributed by atoms with E-state index in [1.54, 1.807) is 13.8 Å². The number of carbonyl (C=O) groups is 1. The lowest BCUT2D eigenvalue weighted by atomic mass is 10.1. The molecule has 0 aliphatic carbocycles. The second-order valence-electron chi connectivity index (χ2n) is 6.44. The van der Waals surface area contributed by atoms with Gasteiger partial charge >= 0.3 is 0 Å². The molecule has 1 amide bonds. The summed E-state index contributed by atoms with van der Waals surface area (Å²) in [5, 5.41) is 2.75. The number of amides is 1. The summed E-state index contributed by atoms with van der Waals surface area (Å²) >= 11 is 0. The predicted octanol–water partition coefficient (Wildman–Crippen LogP) is 4.22. The van der Waals surface area contributed by atoms with Crippen LogP contribution in [0.2, 0.25) is 0 Å². The van der Waals surface area contributed by atoms with Crippen LogP contribution in [0, 0.1) is 18.6 Å². The number of halogens is 2. The summed E-state index contributed by atoms with van der Waals surface area (Å²) < 4.78 is 33.1. The molecule has 6 heteroatoms. The SMILES string of the molecule is Cc1oc(-c2ccccc2)nc1CC(=O)NC(C)Cc1c(F)cccc1F. The summed E-state index contributed by atoms with van der Waals surface area (Å²) in [4.78, 5) is 16.7. The first-order valence-electron chi connectivity index (χ1n) is 8.68. The van der Waals surface area contributed by atoms with E-state index in [0.717, 1.165) is 5.56 Å². The summed E-state index contributed by atoms with van der Waals surface area (Å²) in [5.41, 5.74) is 1.33. The monoisotopic (exact) mass is 370 g/mol. The van der Waals surface area contributed by atoms with Gasteiger partial charge in [0, 0.05) is 17.2 Å². The molecule has 3 aromatic rings. The van der Waals surface area contributed by atoms with Crippen LogP contribution >= 0.6 is 0 Å². The average molecular weight is 370 g/mol. The predicted molar refractivity (Wildman–Crippen MR) is 98.0 cm³/mol. The molecule has 1 aromatic heterocycles. The van der Waals surface area contributed by atoms with Gasteiger partial charge in [-0.15, -0.1) is 0 Å². The molecule has 0 fully saturated rings. The molecule has 2 aromatic carbocycles. The van der Waals surface area contributed by atoms with Gasteiger partial charge in [0.05, 0.1) is 12.1 Å². The molecule has 0 aliphatic heterocycles. The van der Waals surface area contributed by atoms with Crippen molar-refractivity contribution in [1.82, 2.24) is 10.3 Å². The van der Waals surface area contributed by atoms with Gasteiger partial charge in [-0.25, -0.2) is 13.8 Å². The Bertz CT molecular complexity index is 918. The van der Waals surface area contributed by atoms with E-state index in [9.17, 15) is 13.6 Å². The second-order valence-corrected chi connectivity index (χ2v) is 6.44. The summed E-state index contributed by atoms with van der Waals surface area (Å²) in [5.74, 6) is -0.490. The molecule has 140 valence electrons. The molecule has 1 atom stereocenters. The van der Waals surface area contributed by atoms with Crippen molar-refractivity contribution < 1.29 is 18.0 Å². The minimum absolute atomic E-state index is 0.0331. The van der Waals surface area contributed by atoms with Crippen molar-refractivity contribution in [2.24, 2.45) is 0 Å². The third-order valence-corrected chi connectivity index (χ3v) is 4.22. The zero-order valence-corrected chi connectivity index (χ0v) is 15.1. The van der Waals surface area contributed by atoms with E-state index in [1.807, 2.05) is 30.3 Å². The minimum Gasteiger partial charge on any atom is -0.441 e. The third kappa shape index (κ3) is 4.58. The maximum absolute atomic E-state index is 13.7. The van der Waals surface area contributed by atoms with Crippen LogP contribution in [-0.4, -0.2) is 16.9 Å². The molecule has 1 unspecified atom stereocenters. The van der Waals surface area contributed by atoms with E-state index in [-0.39, 0.29) is 24.3 Å². The Morgan fingerprint density at radius 1 is 1.11 bits per heavy atom. The first kappa shape index (κ1) is 18.8. The molecule has 0 aliphatic rings. The Kier molecular flexibility index (Phi) is 5.64. The highest BCUT2D eigenvalue weighted by atomic mass is 19.1. The quantitative estimate of drug-likeness (QED) is 0.707. The number of benzene rings is 2. The van der Waals surface area contributed by atoms with Crippen LogP contribution in [0.25, 0.3) is 11.5 Å². The number of oxazole rings is 1. The number of nitrogens with zero attached hydrogens (tertiary/aromatic N) is 1. The van der Waals surface area contributed by atoms with Crippen molar-refractivity contribution in [1.29, 1.82) is 0 Å². The highest BCUT2D eigenvalue weighted by molar-refractivity contribution is 5.78. The first-order chi connectivity index (χ1) is 12.9. The Hall–Kier alpha value is -3.02. The Morgan fingerprint density at radius 3 is 2.44 bits per heavy atom. The fraction of sp³-hybridized carbons (Fsp3) is 0.238. The van der Waals surface area contributed by atoms with E-state index in [0.29, 0.717) is 17.3 Å². The number of nitrogens with one attached hydrogen (secondary N) is 1. The average Bonchev–Trinajstić information content (AvgIpc) is 2.99. The van der Waals surface area contributed by atoms with Gasteiger partial charge in [0.15, 0.2) is 0 Å². The molecule has 27 heavy (non-hydrogen) atoms. The van der Waals surface area contributed by atoms with Gasteiger partial charge in [0.25, 0.3) is 0 Å². The lowest BCUT2D eigenvalue weighted by molar-refractivity contribution is -0.121. The topological polar surface area (TPSA) is 55.1 Å². The summed E-state index contributed by atoms with van der Waals surface area (Å²) in [6.45, 7) is 3.45. The Labute approximate surface area is 156 Å². The van der Waals surface area contributed by atoms with E-state index in [4.69, 9.17) is 4.42 Å². The molecule has 0 radical (unpaired) electrons. The van der Waals surface area contributed by atoms with Crippen LogP contribution in [0.4, 0.5) is 8.78 Å². The van der Waals surface area contributed by atoms with Crippen LogP contribution in [0.1, 0.15) is 23.9 Å². The lowest BCUT2D eigenvalue weighted by Crippen LogP contribution is -2.35. The fourth-order valence-corrected chi connectivity index (χ4v) is 2.86. The molecule has 0 saturated carbocycles. The van der Waals surface area contributed by atoms with Crippen LogP contribution < -0.4 is 5.32 Å². The molecular formula is C21H20F2N2O2. The molecule has 0 bridgehead atoms. The summed E-state index contributed by atoms with van der Waals surface area (Å²) in [6.07, 6.45) is 0.101. The molecule has 0 spiro atoms. The number of rotatable bonds is 6.